The summed E-state index contributed by atoms with van der Waals surface area (Å²) >= 11 is 0. The minimum atomic E-state index is -0.823. The van der Waals surface area contributed by atoms with Crippen molar-refractivity contribution < 1.29 is 9.90 Å². The average molecular weight is 257 g/mol. The van der Waals surface area contributed by atoms with E-state index in [9.17, 15) is 4.79 Å². The molecule has 3 nitrogen and oxygen atoms in total. The molecule has 0 spiro atoms. The number of aliphatic carboxylic acids is 1. The summed E-state index contributed by atoms with van der Waals surface area (Å²) in [6.07, 6.45) is 0.0392. The van der Waals surface area contributed by atoms with Gasteiger partial charge in [0.2, 0.25) is 0 Å². The third-order valence-electron chi connectivity index (χ3n) is 3.48. The van der Waals surface area contributed by atoms with Crippen molar-refractivity contribution in [2.24, 2.45) is 5.73 Å². The molecular formula is C16H19NO2. The van der Waals surface area contributed by atoms with E-state index in [0.717, 1.165) is 16.3 Å². The maximum atomic E-state index is 11.1. The van der Waals surface area contributed by atoms with Crippen LogP contribution in [-0.4, -0.2) is 16.6 Å². The maximum Gasteiger partial charge on any atom is 0.304 e. The summed E-state index contributed by atoms with van der Waals surface area (Å²) in [6.45, 7) is 3.75. The number of benzene rings is 2. The number of nitrogens with two attached hydrogens (primary N) is 1. The average Bonchev–Trinajstić information content (AvgIpc) is 2.34. The molecule has 3 N–H and O–H groups in total. The Bertz CT molecular complexity index is 594. The summed E-state index contributed by atoms with van der Waals surface area (Å²) < 4.78 is 0. The smallest absolute Gasteiger partial charge is 0.304 e. The summed E-state index contributed by atoms with van der Waals surface area (Å²) in [6, 6.07) is 14.0. The largest absolute Gasteiger partial charge is 0.481 e. The number of hydrogen-bond donors (Lipinski definition) is 2. The number of rotatable bonds is 4. The Kier molecular flexibility index (Phi) is 3.58. The topological polar surface area (TPSA) is 63.3 Å². The highest BCUT2D eigenvalue weighted by molar-refractivity contribution is 5.87. The van der Waals surface area contributed by atoms with Crippen molar-refractivity contribution in [3.05, 3.63) is 48.0 Å². The van der Waals surface area contributed by atoms with Gasteiger partial charge in [0.15, 0.2) is 0 Å². The Morgan fingerprint density at radius 1 is 1.21 bits per heavy atom. The molecule has 0 heterocycles. The van der Waals surface area contributed by atoms with Gasteiger partial charge in [-0.15, -0.1) is 0 Å². The number of carbonyl (C=O) groups is 1. The summed E-state index contributed by atoms with van der Waals surface area (Å²) in [4.78, 5) is 11.1. The van der Waals surface area contributed by atoms with Crippen LogP contribution >= 0.6 is 0 Å². The van der Waals surface area contributed by atoms with E-state index in [1.807, 2.05) is 56.3 Å². The van der Waals surface area contributed by atoms with Crippen molar-refractivity contribution >= 4 is 16.7 Å². The molecule has 0 aliphatic carbocycles. The van der Waals surface area contributed by atoms with Gasteiger partial charge in [-0.2, -0.15) is 0 Å². The van der Waals surface area contributed by atoms with E-state index in [1.54, 1.807) is 0 Å². The van der Waals surface area contributed by atoms with Gasteiger partial charge in [-0.05, 0) is 30.2 Å². The molecular weight excluding hydrogens is 238 g/mol. The van der Waals surface area contributed by atoms with E-state index < -0.39 is 11.5 Å². The molecule has 0 aliphatic rings. The first kappa shape index (κ1) is 13.6. The second kappa shape index (κ2) is 5.02. The highest BCUT2D eigenvalue weighted by Gasteiger charge is 2.30. The van der Waals surface area contributed by atoms with Gasteiger partial charge in [-0.1, -0.05) is 42.5 Å². The number of carboxylic acids is 1. The van der Waals surface area contributed by atoms with Gasteiger partial charge in [0.25, 0.3) is 0 Å². The lowest BCUT2D eigenvalue weighted by Gasteiger charge is -2.30. The Morgan fingerprint density at radius 3 is 2.47 bits per heavy atom. The van der Waals surface area contributed by atoms with Gasteiger partial charge >= 0.3 is 5.97 Å². The minimum Gasteiger partial charge on any atom is -0.481 e. The van der Waals surface area contributed by atoms with E-state index in [2.05, 4.69) is 0 Å². The molecule has 19 heavy (non-hydrogen) atoms. The van der Waals surface area contributed by atoms with Crippen molar-refractivity contribution in [3.8, 4) is 0 Å². The van der Waals surface area contributed by atoms with Crippen LogP contribution in [0.5, 0.6) is 0 Å². The van der Waals surface area contributed by atoms with Crippen LogP contribution in [-0.2, 0) is 4.79 Å². The molecule has 0 aromatic heterocycles. The third-order valence-corrected chi connectivity index (χ3v) is 3.48. The van der Waals surface area contributed by atoms with E-state index >= 15 is 0 Å². The first-order chi connectivity index (χ1) is 8.89. The van der Waals surface area contributed by atoms with Crippen molar-refractivity contribution in [1.29, 1.82) is 0 Å². The molecule has 0 saturated heterocycles. The lowest BCUT2D eigenvalue weighted by molar-refractivity contribution is -0.137. The van der Waals surface area contributed by atoms with Crippen molar-refractivity contribution in [2.45, 2.75) is 31.7 Å². The zero-order chi connectivity index (χ0) is 14.0. The summed E-state index contributed by atoms with van der Waals surface area (Å²) in [7, 11) is 0. The van der Waals surface area contributed by atoms with Crippen LogP contribution in [0.25, 0.3) is 10.8 Å². The van der Waals surface area contributed by atoms with Gasteiger partial charge < -0.3 is 10.8 Å². The molecule has 2 rings (SSSR count). The Morgan fingerprint density at radius 2 is 1.84 bits per heavy atom. The highest BCUT2D eigenvalue weighted by Crippen LogP contribution is 2.34. The molecule has 0 fully saturated rings. The fourth-order valence-electron chi connectivity index (χ4n) is 2.50. The van der Waals surface area contributed by atoms with E-state index in [1.165, 1.54) is 0 Å². The predicted molar refractivity (Wildman–Crippen MR) is 77.2 cm³/mol. The van der Waals surface area contributed by atoms with Crippen LogP contribution in [0.15, 0.2) is 42.5 Å². The van der Waals surface area contributed by atoms with E-state index in [0.29, 0.717) is 0 Å². The van der Waals surface area contributed by atoms with Crippen LogP contribution < -0.4 is 5.73 Å². The van der Waals surface area contributed by atoms with Crippen LogP contribution in [0, 0.1) is 0 Å². The van der Waals surface area contributed by atoms with Gasteiger partial charge in [-0.25, -0.2) is 0 Å². The molecule has 1 unspecified atom stereocenters. The van der Waals surface area contributed by atoms with E-state index in [-0.39, 0.29) is 12.3 Å². The fraction of sp³-hybridized carbons (Fsp3) is 0.312. The maximum absolute atomic E-state index is 11.1. The normalized spacial score (nSPS) is 13.4. The van der Waals surface area contributed by atoms with E-state index in [4.69, 9.17) is 10.8 Å². The standard InChI is InChI=1S/C16H19NO2/c1-16(2,17)14(10-15(18)19)13-9-5-7-11-6-3-4-8-12(11)13/h3-9,14H,10,17H2,1-2H3,(H,18,19). The summed E-state index contributed by atoms with van der Waals surface area (Å²) in [5.74, 6) is -1.03. The number of fused-ring (bicyclic) bond motifs is 1. The van der Waals surface area contributed by atoms with Crippen molar-refractivity contribution in [1.82, 2.24) is 0 Å². The molecule has 0 radical (unpaired) electrons. The van der Waals surface area contributed by atoms with Crippen LogP contribution in [0.1, 0.15) is 31.7 Å². The zero-order valence-electron chi connectivity index (χ0n) is 11.3. The molecule has 0 bridgehead atoms. The fourth-order valence-corrected chi connectivity index (χ4v) is 2.50. The first-order valence-electron chi connectivity index (χ1n) is 6.38. The minimum absolute atomic E-state index is 0.0392. The van der Waals surface area contributed by atoms with Crippen molar-refractivity contribution in [2.75, 3.05) is 0 Å². The van der Waals surface area contributed by atoms with Crippen LogP contribution in [0.2, 0.25) is 0 Å². The summed E-state index contributed by atoms with van der Waals surface area (Å²) in [5.41, 5.74) is 6.61. The third kappa shape index (κ3) is 2.93. The van der Waals surface area contributed by atoms with Crippen LogP contribution in [0.3, 0.4) is 0 Å². The van der Waals surface area contributed by atoms with Gasteiger partial charge in [-0.3, -0.25) is 4.79 Å². The molecule has 3 heteroatoms. The predicted octanol–water partition coefficient (Wildman–Crippen LogP) is 3.14. The lowest BCUT2D eigenvalue weighted by Crippen LogP contribution is -2.40. The molecule has 0 aliphatic heterocycles. The zero-order valence-corrected chi connectivity index (χ0v) is 11.3. The molecule has 1 atom stereocenters. The highest BCUT2D eigenvalue weighted by atomic mass is 16.4. The van der Waals surface area contributed by atoms with Gasteiger partial charge in [0.05, 0.1) is 6.42 Å². The second-order valence-corrected chi connectivity index (χ2v) is 5.54. The molecule has 0 amide bonds. The molecule has 0 saturated carbocycles. The second-order valence-electron chi connectivity index (χ2n) is 5.54. The molecule has 2 aromatic carbocycles. The van der Waals surface area contributed by atoms with Crippen molar-refractivity contribution in [3.63, 3.8) is 0 Å². The Hall–Kier alpha value is -1.87. The summed E-state index contributed by atoms with van der Waals surface area (Å²) in [5, 5.41) is 11.3. The Balaban J connectivity index is 2.59. The molecule has 100 valence electrons. The lowest BCUT2D eigenvalue weighted by atomic mass is 9.78. The Labute approximate surface area is 113 Å². The number of hydrogen-bond acceptors (Lipinski definition) is 2. The molecule has 2 aromatic rings. The quantitative estimate of drug-likeness (QED) is 0.884. The number of carboxylic acid groups (broad SMARTS) is 1. The monoisotopic (exact) mass is 257 g/mol. The van der Waals surface area contributed by atoms with Crippen LogP contribution in [0.4, 0.5) is 0 Å². The first-order valence-corrected chi connectivity index (χ1v) is 6.38. The van der Waals surface area contributed by atoms with Gasteiger partial charge in [0.1, 0.15) is 0 Å². The SMILES string of the molecule is CC(C)(N)C(CC(=O)O)c1cccc2ccccc12. The van der Waals surface area contributed by atoms with Gasteiger partial charge in [0, 0.05) is 11.5 Å².